The summed E-state index contributed by atoms with van der Waals surface area (Å²) >= 11 is 0. The number of aryl methyl sites for hydroxylation is 2. The lowest BCUT2D eigenvalue weighted by Gasteiger charge is -2.37. The number of likely N-dealkylation sites (tertiary alicyclic amines) is 2. The molecule has 0 spiro atoms. The second kappa shape index (κ2) is 37.2. The molecule has 0 bridgehead atoms. The van der Waals surface area contributed by atoms with Gasteiger partial charge >= 0.3 is 24.4 Å². The Balaban J connectivity index is 0.000000274. The number of nitrogens with zero attached hydrogens (tertiary/aromatic N) is 5. The van der Waals surface area contributed by atoms with Crippen molar-refractivity contribution in [2.24, 2.45) is 16.6 Å². The van der Waals surface area contributed by atoms with Crippen molar-refractivity contribution in [1.82, 2.24) is 56.6 Å². The molecule has 3 aliphatic carbocycles. The van der Waals surface area contributed by atoms with Crippen molar-refractivity contribution in [3.05, 3.63) is 130 Å². The molecule has 4 aromatic carbocycles. The molecular formula is C84H122N12O16. The third-order valence-electron chi connectivity index (χ3n) is 20.3. The predicted molar refractivity (Wildman–Crippen MR) is 424 cm³/mol. The number of nitrogens with one attached hydrogen (secondary N) is 6. The molecule has 2 saturated heterocycles. The van der Waals surface area contributed by atoms with Crippen LogP contribution >= 0.6 is 0 Å². The average molecular weight is 1560 g/mol. The number of ether oxygens (including phenoxy) is 4. The largest absolute Gasteiger partial charge is 0.449 e. The summed E-state index contributed by atoms with van der Waals surface area (Å²) in [6.45, 7) is 31.6. The van der Waals surface area contributed by atoms with Crippen LogP contribution < -0.4 is 37.6 Å². The van der Waals surface area contributed by atoms with Crippen LogP contribution in [0.2, 0.25) is 0 Å². The lowest BCUT2D eigenvalue weighted by Crippen LogP contribution is -2.60. The van der Waals surface area contributed by atoms with Gasteiger partial charge in [-0.05, 0) is 190 Å². The van der Waals surface area contributed by atoms with Crippen molar-refractivity contribution in [3.8, 4) is 11.1 Å². The van der Waals surface area contributed by atoms with Crippen LogP contribution in [0.1, 0.15) is 215 Å². The molecule has 28 nitrogen and oxygen atoms in total. The zero-order valence-corrected chi connectivity index (χ0v) is 69.3. The Hall–Kier alpha value is -9.83. The number of carbonyl (C=O) groups excluding carboxylic acids is 11. The van der Waals surface area contributed by atoms with E-state index in [-0.39, 0.29) is 67.9 Å². The number of fused-ring (bicyclic) bond motifs is 5. The van der Waals surface area contributed by atoms with Gasteiger partial charge < -0.3 is 66.4 Å². The number of likely N-dealkylation sites (N-methyl/N-ethyl adjacent to an activating group) is 3. The second-order valence-electron chi connectivity index (χ2n) is 35.1. The number of hydroxylamine groups is 2. The summed E-state index contributed by atoms with van der Waals surface area (Å²) in [6.07, 6.45) is 3.24. The fourth-order valence-corrected chi connectivity index (χ4v) is 14.3. The topological polar surface area (TPSA) is 359 Å². The van der Waals surface area contributed by atoms with Gasteiger partial charge in [0.25, 0.3) is 5.91 Å². The number of hydrogen-bond acceptors (Lipinski definition) is 17. The van der Waals surface area contributed by atoms with E-state index >= 15 is 0 Å². The van der Waals surface area contributed by atoms with Crippen molar-refractivity contribution in [3.63, 3.8) is 0 Å². The quantitative estimate of drug-likeness (QED) is 0.0277. The van der Waals surface area contributed by atoms with Gasteiger partial charge in [-0.15, -0.1) is 0 Å². The number of carbonyl (C=O) groups is 11. The van der Waals surface area contributed by atoms with E-state index in [1.807, 2.05) is 102 Å². The zero-order chi connectivity index (χ0) is 83.4. The predicted octanol–water partition coefficient (Wildman–Crippen LogP) is 10.1. The van der Waals surface area contributed by atoms with Gasteiger partial charge in [0.05, 0.1) is 18.1 Å². The van der Waals surface area contributed by atoms with Crippen LogP contribution in [0.5, 0.6) is 0 Å². The van der Waals surface area contributed by atoms with E-state index in [1.165, 1.54) is 58.8 Å². The van der Waals surface area contributed by atoms with E-state index in [1.54, 1.807) is 76.2 Å². The van der Waals surface area contributed by atoms with Crippen LogP contribution in [0.15, 0.2) is 97.1 Å². The molecule has 2 aliphatic heterocycles. The fourth-order valence-electron chi connectivity index (χ4n) is 14.3. The van der Waals surface area contributed by atoms with Crippen molar-refractivity contribution < 1.29 is 76.9 Å². The highest BCUT2D eigenvalue weighted by atomic mass is 16.6. The molecule has 9 N–H and O–H groups in total. The molecule has 0 aromatic heterocycles. The molecule has 0 radical (unpaired) electrons. The second-order valence-corrected chi connectivity index (χ2v) is 35.1. The van der Waals surface area contributed by atoms with E-state index in [2.05, 4.69) is 68.3 Å². The smallest absolute Gasteiger partial charge is 0.410 e. The van der Waals surface area contributed by atoms with Gasteiger partial charge in [0.1, 0.15) is 65.7 Å². The summed E-state index contributed by atoms with van der Waals surface area (Å²) in [5.41, 5.74) is 11.7. The first-order valence-corrected chi connectivity index (χ1v) is 38.8. The maximum Gasteiger partial charge on any atom is 0.410 e. The molecule has 28 heteroatoms. The fraction of sp³-hybridized carbons (Fsp3) is 0.583. The molecule has 5 aliphatic rings. The molecule has 0 saturated carbocycles. The third kappa shape index (κ3) is 24.1. The number of rotatable bonds is 17. The zero-order valence-electron chi connectivity index (χ0n) is 69.3. The SMILES string of the molecule is CC(NC(=O)OC(C)(C)C)C(=O)N(C)O.C[C@@H](C(=O)N[C@H](C(=O)N1C[C@@H](N)C[C@H]1C(=O)N[C@@H]1CCCc2ccccc21)C(C)(C)C)N(C)C(=O)OC(C)(C)C.C[C@@H](C(=O)N[C@H](C(=O)N1C[C@@H](NC(=O)OCC2c3ccccc3-c3ccccc32)C[C@H]1C(=O)N[C@@H]1CCCc2ccccc21)C(C)(C)C)N(C)C(=O)OC(C)(C)C. The average Bonchev–Trinajstić information content (AvgIpc) is 1.61. The van der Waals surface area contributed by atoms with Crippen LogP contribution in [-0.4, -0.2) is 208 Å². The molecule has 11 atom stereocenters. The minimum Gasteiger partial charge on any atom is -0.449 e. The van der Waals surface area contributed by atoms with E-state index in [4.69, 9.17) is 29.9 Å². The first kappa shape index (κ1) is 89.4. The Labute approximate surface area is 660 Å². The molecule has 4 aromatic rings. The minimum atomic E-state index is -1.07. The Morgan fingerprint density at radius 2 is 0.884 bits per heavy atom. The molecule has 1 unspecified atom stereocenters. The van der Waals surface area contributed by atoms with Gasteiger partial charge in [0, 0.05) is 46.2 Å². The van der Waals surface area contributed by atoms with E-state index in [9.17, 15) is 52.7 Å². The first-order chi connectivity index (χ1) is 52.0. The van der Waals surface area contributed by atoms with Crippen LogP contribution in [0, 0.1) is 10.8 Å². The molecule has 2 fully saturated rings. The Morgan fingerprint density at radius 3 is 1.29 bits per heavy atom. The van der Waals surface area contributed by atoms with Gasteiger partial charge in [0.2, 0.25) is 35.4 Å². The molecule has 112 heavy (non-hydrogen) atoms. The van der Waals surface area contributed by atoms with Gasteiger partial charge in [-0.25, -0.2) is 24.2 Å². The van der Waals surface area contributed by atoms with Crippen LogP contribution in [0.3, 0.4) is 0 Å². The lowest BCUT2D eigenvalue weighted by atomic mass is 9.85. The summed E-state index contributed by atoms with van der Waals surface area (Å²) in [4.78, 5) is 150. The number of hydrogen-bond donors (Lipinski definition) is 8. The summed E-state index contributed by atoms with van der Waals surface area (Å²) < 4.78 is 21.6. The van der Waals surface area contributed by atoms with Crippen molar-refractivity contribution >= 4 is 65.7 Å². The highest BCUT2D eigenvalue weighted by molar-refractivity contribution is 5.96. The van der Waals surface area contributed by atoms with Gasteiger partial charge in [-0.2, -0.15) is 0 Å². The Morgan fingerprint density at radius 1 is 0.500 bits per heavy atom. The maximum atomic E-state index is 14.7. The molecular weight excluding hydrogens is 1430 g/mol. The normalized spacial score (nSPS) is 19.9. The van der Waals surface area contributed by atoms with Crippen molar-refractivity contribution in [1.29, 1.82) is 0 Å². The first-order valence-electron chi connectivity index (χ1n) is 38.8. The van der Waals surface area contributed by atoms with Gasteiger partial charge in [-0.1, -0.05) is 139 Å². The van der Waals surface area contributed by atoms with Gasteiger partial charge in [-0.3, -0.25) is 48.6 Å². The number of amides is 11. The third-order valence-corrected chi connectivity index (χ3v) is 20.3. The Bertz CT molecular complexity index is 3990. The van der Waals surface area contributed by atoms with E-state index in [0.717, 1.165) is 71.9 Å². The van der Waals surface area contributed by atoms with Crippen LogP contribution in [-0.2, 0) is 65.4 Å². The summed E-state index contributed by atoms with van der Waals surface area (Å²) in [5.74, 6) is -3.20. The summed E-state index contributed by atoms with van der Waals surface area (Å²) in [7, 11) is 4.14. The van der Waals surface area contributed by atoms with Crippen molar-refractivity contribution in [2.45, 2.75) is 265 Å². The standard InChI is InChI=1S/C45H57N5O7.C30H47N5O5.C9H18N2O4/c1-27(49(8)43(55)57-45(5,6)7)39(51)48-38(44(2,3)4)41(53)50-25-29(24-37(50)40(52)47-36-23-15-17-28-16-9-10-18-30(28)36)46-42(54)56-26-35-33-21-13-11-19-31(33)32-20-12-14-22-34(32)35;1-18(34(8)28(39)40-30(5,6)7)25(36)33-24(29(2,3)4)27(38)35-17-20(31)16-23(35)26(37)32-22-15-11-13-19-12-9-10-14-21(19)22;1-6(7(12)11(5)14)10-8(13)15-9(2,3)4/h9-14,16,18-22,27,29,35-38H,15,17,23-26H2,1-8H3,(H,46,54)(H,47,52)(H,48,51);9-10,12,14,18,20,22-24H,11,13,15-17,31H2,1-8H3,(H,32,37)(H,33,36);6,14H,1-5H3,(H,10,13)/t27-,29-,36+,37-,38+;18-,20-,22+,23-,24+;/m00./s1. The van der Waals surface area contributed by atoms with E-state index < -0.39 is 124 Å². The Kier molecular flexibility index (Phi) is 29.7. The molecule has 11 amide bonds. The highest BCUT2D eigenvalue weighted by Crippen LogP contribution is 2.45. The van der Waals surface area contributed by atoms with Gasteiger partial charge in [0.15, 0.2) is 0 Å². The van der Waals surface area contributed by atoms with E-state index in [0.29, 0.717) is 11.5 Å². The van der Waals surface area contributed by atoms with Crippen LogP contribution in [0.25, 0.3) is 11.1 Å². The number of benzene rings is 4. The maximum absolute atomic E-state index is 14.7. The number of alkyl carbamates (subject to hydrolysis) is 2. The monoisotopic (exact) mass is 1550 g/mol. The molecule has 9 rings (SSSR count). The molecule has 614 valence electrons. The number of nitrogens with two attached hydrogens (primary N) is 1. The lowest BCUT2D eigenvalue weighted by molar-refractivity contribution is -0.161. The summed E-state index contributed by atoms with van der Waals surface area (Å²) in [6, 6.07) is 24.7. The van der Waals surface area contributed by atoms with Crippen LogP contribution in [0.4, 0.5) is 19.2 Å². The highest BCUT2D eigenvalue weighted by Gasteiger charge is 2.49. The molecule has 2 heterocycles. The minimum absolute atomic E-state index is 0.0260. The van der Waals surface area contributed by atoms with Crippen molar-refractivity contribution in [2.75, 3.05) is 40.8 Å². The summed E-state index contributed by atoms with van der Waals surface area (Å²) in [5, 5.41) is 26.6.